The number of nitrogens with zero attached hydrogens (tertiary/aromatic N) is 8. The first-order valence-electron chi connectivity index (χ1n) is 26.0. The van der Waals surface area contributed by atoms with Gasteiger partial charge in [0.15, 0.2) is 17.1 Å². The smallest absolute Gasteiger partial charge is 0.343 e. The van der Waals surface area contributed by atoms with Gasteiger partial charge in [0.2, 0.25) is 45.4 Å². The van der Waals surface area contributed by atoms with E-state index in [0.717, 1.165) is 19.2 Å². The van der Waals surface area contributed by atoms with Gasteiger partial charge in [-0.15, -0.1) is 5.10 Å². The van der Waals surface area contributed by atoms with Gasteiger partial charge in [-0.2, -0.15) is 0 Å². The average molecular weight is 1110 g/mol. The van der Waals surface area contributed by atoms with Gasteiger partial charge in [-0.25, -0.2) is 28.2 Å². The van der Waals surface area contributed by atoms with E-state index >= 15 is 0 Å². The number of aliphatic hydroxyl groups is 1. The fourth-order valence-corrected chi connectivity index (χ4v) is 9.82. The molecule has 0 aliphatic carbocycles. The zero-order valence-electron chi connectivity index (χ0n) is 44.8. The summed E-state index contributed by atoms with van der Waals surface area (Å²) in [4.78, 5) is 94.7. The van der Waals surface area contributed by atoms with Crippen LogP contribution in [0.15, 0.2) is 46.7 Å². The minimum Gasteiger partial charge on any atom is -0.458 e. The molecule has 3 aliphatic rings. The zero-order valence-corrected chi connectivity index (χ0v) is 45.7. The standard InChI is InChI=1S/C53H64N12O13S/c1-7-53(72)37-21-41-47-35(26-65(41)50(70)36(37)28-76-51(53)71)33(34-20-42-43(78-30-77-42)22-39(34)58-47)14-13-19-75-29-57-45(67)25-54-48(68)38(15-10-12-17-63(4)5)59-49(69)46(31(2)3)60-44(66)16-9-8-11-18-64-27-40(61-62-64)32-23-55-52(56-24-32)79(6,73)74/h20-24,27,31,38,46,72H,7-12,15-19,25-26,28-30H2,1-6H3,(H,54,68)(H,57,67)(H,59,69)(H,60,66)/t38-,46-,53-/m0/s1. The number of hydrogen-bond donors (Lipinski definition) is 5. The van der Waals surface area contributed by atoms with Crippen LogP contribution in [0, 0.1) is 17.8 Å². The lowest BCUT2D eigenvalue weighted by molar-refractivity contribution is -0.172. The van der Waals surface area contributed by atoms with Crippen LogP contribution in [0.1, 0.15) is 94.4 Å². The predicted molar refractivity (Wildman–Crippen MR) is 283 cm³/mol. The van der Waals surface area contributed by atoms with Gasteiger partial charge in [-0.3, -0.25) is 28.7 Å². The minimum absolute atomic E-state index is 0.00697. The van der Waals surface area contributed by atoms with Gasteiger partial charge in [0.25, 0.3) is 5.56 Å². The second-order valence-electron chi connectivity index (χ2n) is 20.1. The van der Waals surface area contributed by atoms with E-state index < -0.39 is 63.3 Å². The summed E-state index contributed by atoms with van der Waals surface area (Å²) < 4.78 is 48.7. The van der Waals surface area contributed by atoms with E-state index in [2.05, 4.69) is 53.4 Å². The third-order valence-electron chi connectivity index (χ3n) is 13.7. The molecule has 3 atom stereocenters. The van der Waals surface area contributed by atoms with Crippen molar-refractivity contribution in [3.8, 4) is 46.0 Å². The van der Waals surface area contributed by atoms with Gasteiger partial charge >= 0.3 is 5.97 Å². The van der Waals surface area contributed by atoms with Gasteiger partial charge < -0.3 is 54.8 Å². The molecule has 7 heterocycles. The Morgan fingerprint density at radius 1 is 0.937 bits per heavy atom. The van der Waals surface area contributed by atoms with Gasteiger partial charge in [0, 0.05) is 65.3 Å². The van der Waals surface area contributed by atoms with Crippen molar-refractivity contribution in [2.75, 3.05) is 53.6 Å². The summed E-state index contributed by atoms with van der Waals surface area (Å²) in [7, 11) is 0.330. The molecule has 0 saturated heterocycles. The van der Waals surface area contributed by atoms with E-state index in [1.807, 2.05) is 19.0 Å². The molecule has 5 aromatic rings. The molecule has 0 saturated carbocycles. The first kappa shape index (κ1) is 57.3. The molecule has 0 fully saturated rings. The van der Waals surface area contributed by atoms with E-state index in [-0.39, 0.29) is 80.7 Å². The molecule has 5 N–H and O–H groups in total. The second kappa shape index (κ2) is 24.9. The maximum atomic E-state index is 13.9. The van der Waals surface area contributed by atoms with Crippen molar-refractivity contribution in [3.63, 3.8) is 0 Å². The molecule has 4 aromatic heterocycles. The second-order valence-corrected chi connectivity index (χ2v) is 22.0. The van der Waals surface area contributed by atoms with Crippen molar-refractivity contribution in [2.24, 2.45) is 5.92 Å². The Kier molecular flexibility index (Phi) is 18.0. The number of nitrogens with one attached hydrogen (secondary N) is 4. The Hall–Kier alpha value is -7.86. The topological polar surface area (TPSA) is 319 Å². The van der Waals surface area contributed by atoms with E-state index in [0.29, 0.717) is 88.4 Å². The Labute approximate surface area is 455 Å². The number of carbonyl (C=O) groups excluding carboxylic acids is 5. The van der Waals surface area contributed by atoms with Gasteiger partial charge in [-0.05, 0) is 77.2 Å². The molecule has 4 amide bonds. The number of esters is 1. The Morgan fingerprint density at radius 2 is 1.70 bits per heavy atom. The summed E-state index contributed by atoms with van der Waals surface area (Å²) in [5.41, 5.74) is 1.47. The van der Waals surface area contributed by atoms with Crippen molar-refractivity contribution in [2.45, 2.75) is 115 Å². The number of hydrogen-bond acceptors (Lipinski definition) is 19. The molecule has 1 aromatic carbocycles. The number of unbranched alkanes of at least 4 members (excludes halogenated alkanes) is 3. The number of cyclic esters (lactones) is 1. The molecule has 25 nitrogen and oxygen atoms in total. The zero-order chi connectivity index (χ0) is 56.6. The van der Waals surface area contributed by atoms with Gasteiger partial charge in [-0.1, -0.05) is 44.2 Å². The van der Waals surface area contributed by atoms with Crippen LogP contribution in [0.5, 0.6) is 11.5 Å². The first-order chi connectivity index (χ1) is 37.7. The quantitative estimate of drug-likeness (QED) is 0.0188. The molecule has 0 bridgehead atoms. The lowest BCUT2D eigenvalue weighted by atomic mass is 9.86. The van der Waals surface area contributed by atoms with Crippen LogP contribution in [-0.2, 0) is 68.6 Å². The molecule has 420 valence electrons. The summed E-state index contributed by atoms with van der Waals surface area (Å²) in [6.45, 7) is 5.54. The highest BCUT2D eigenvalue weighted by Gasteiger charge is 2.45. The highest BCUT2D eigenvalue weighted by Crippen LogP contribution is 2.43. The number of ether oxygens (including phenoxy) is 4. The number of fused-ring (bicyclic) bond motifs is 6. The molecule has 3 aliphatic heterocycles. The van der Waals surface area contributed by atoms with E-state index in [4.69, 9.17) is 23.9 Å². The van der Waals surface area contributed by atoms with Crippen LogP contribution >= 0.6 is 0 Å². The Bertz CT molecular complexity index is 3390. The van der Waals surface area contributed by atoms with Crippen LogP contribution in [0.3, 0.4) is 0 Å². The average Bonchev–Trinajstić information content (AvgIpc) is 4.22. The number of amides is 4. The van der Waals surface area contributed by atoms with Crippen LogP contribution in [0.25, 0.3) is 33.5 Å². The fraction of sp³-hybridized carbons (Fsp3) is 0.491. The third-order valence-corrected chi connectivity index (χ3v) is 14.6. The molecule has 79 heavy (non-hydrogen) atoms. The van der Waals surface area contributed by atoms with Crippen LogP contribution in [0.4, 0.5) is 0 Å². The maximum Gasteiger partial charge on any atom is 0.343 e. The molecule has 0 spiro atoms. The van der Waals surface area contributed by atoms with Crippen molar-refractivity contribution in [1.29, 1.82) is 0 Å². The lowest BCUT2D eigenvalue weighted by Gasteiger charge is -2.31. The summed E-state index contributed by atoms with van der Waals surface area (Å²) in [6, 6.07) is 3.18. The fourth-order valence-electron chi connectivity index (χ4n) is 9.33. The number of aryl methyl sites for hydroxylation is 1. The van der Waals surface area contributed by atoms with Gasteiger partial charge in [0.05, 0.1) is 41.8 Å². The molecular weight excluding hydrogens is 1040 g/mol. The highest BCUT2D eigenvalue weighted by molar-refractivity contribution is 7.90. The van der Waals surface area contributed by atoms with Crippen LogP contribution in [0.2, 0.25) is 0 Å². The number of carbonyl (C=O) groups is 5. The van der Waals surface area contributed by atoms with Crippen molar-refractivity contribution in [1.82, 2.24) is 60.7 Å². The van der Waals surface area contributed by atoms with E-state index in [1.165, 1.54) is 17.0 Å². The number of sulfone groups is 1. The minimum atomic E-state index is -3.54. The van der Waals surface area contributed by atoms with Crippen LogP contribution < -0.4 is 36.3 Å². The van der Waals surface area contributed by atoms with E-state index in [9.17, 15) is 42.3 Å². The van der Waals surface area contributed by atoms with E-state index in [1.54, 1.807) is 49.8 Å². The molecule has 8 rings (SSSR count). The largest absolute Gasteiger partial charge is 0.458 e. The number of aromatic nitrogens is 7. The van der Waals surface area contributed by atoms with Crippen LogP contribution in [-0.4, -0.2) is 148 Å². The van der Waals surface area contributed by atoms with Crippen molar-refractivity contribution in [3.05, 3.63) is 69.4 Å². The molecule has 26 heteroatoms. The van der Waals surface area contributed by atoms with Gasteiger partial charge in [0.1, 0.15) is 37.7 Å². The molecule has 0 unspecified atom stereocenters. The molecular formula is C53H64N12O13S. The first-order valence-corrected chi connectivity index (χ1v) is 27.9. The number of rotatable bonds is 24. The Balaban J connectivity index is 0.822. The normalized spacial score (nSPS) is 15.8. The summed E-state index contributed by atoms with van der Waals surface area (Å²) >= 11 is 0. The monoisotopic (exact) mass is 1110 g/mol. The summed E-state index contributed by atoms with van der Waals surface area (Å²) in [5, 5.41) is 30.8. The summed E-state index contributed by atoms with van der Waals surface area (Å²) in [5.74, 6) is 4.01. The summed E-state index contributed by atoms with van der Waals surface area (Å²) in [6.07, 6.45) is 9.14. The predicted octanol–water partition coefficient (Wildman–Crippen LogP) is 1.44. The van der Waals surface area contributed by atoms with Crippen molar-refractivity contribution < 1.29 is 56.4 Å². The third kappa shape index (κ3) is 13.4. The molecule has 0 radical (unpaired) electrons. The Morgan fingerprint density at radius 3 is 2.42 bits per heavy atom. The highest BCUT2D eigenvalue weighted by atomic mass is 32.2. The number of benzene rings is 1. The number of pyridine rings is 2. The van der Waals surface area contributed by atoms with Crippen molar-refractivity contribution >= 4 is 50.3 Å². The lowest BCUT2D eigenvalue weighted by Crippen LogP contribution is -2.56. The maximum absolute atomic E-state index is 13.9. The SMILES string of the molecule is CC[C@@]1(O)C(=O)OCc2c1cc1n(c2=O)Cc2c-1nc1cc3c(cc1c2C#CCOCNC(=O)CNC(=O)[C@H](CCCCN(C)C)NC(=O)[C@@H](NC(=O)CCCCCn1cc(-c2cnc(S(C)(=O)=O)nc2)nn1)C(C)C)OCO3.